The Hall–Kier alpha value is 0.140. The van der Waals surface area contributed by atoms with Gasteiger partial charge in [0.2, 0.25) is 0 Å². The lowest BCUT2D eigenvalue weighted by Crippen LogP contribution is -2.18. The number of allylic oxidation sites excluding steroid dienone is 2. The Morgan fingerprint density at radius 1 is 1.25 bits per heavy atom. The summed E-state index contributed by atoms with van der Waals surface area (Å²) in [6.45, 7) is 3.94. The number of rotatable bonds is 5. The Morgan fingerprint density at radius 3 is 2.38 bits per heavy atom. The molecule has 1 aliphatic carbocycles. The van der Waals surface area contributed by atoms with Crippen molar-refractivity contribution in [3.05, 3.63) is 9.94 Å². The van der Waals surface area contributed by atoms with Crippen LogP contribution in [0.1, 0.15) is 58.8 Å². The molecule has 0 spiro atoms. The maximum absolute atomic E-state index is 12.0. The summed E-state index contributed by atoms with van der Waals surface area (Å²) in [6.07, 6.45) is 7.31. The first kappa shape index (κ1) is 14.2. The van der Waals surface area contributed by atoms with E-state index < -0.39 is 11.1 Å². The third kappa shape index (κ3) is 4.19. The van der Waals surface area contributed by atoms with Crippen molar-refractivity contribution in [2.24, 2.45) is 0 Å². The van der Waals surface area contributed by atoms with Gasteiger partial charge in [-0.15, -0.1) is 0 Å². The zero-order valence-electron chi connectivity index (χ0n) is 10.1. The summed E-state index contributed by atoms with van der Waals surface area (Å²) in [5.41, 5.74) is 0. The van der Waals surface area contributed by atoms with Crippen molar-refractivity contribution in [1.29, 1.82) is 0 Å². The first-order valence-electron chi connectivity index (χ1n) is 6.15. The van der Waals surface area contributed by atoms with Gasteiger partial charge in [-0.05, 0) is 25.7 Å². The Balaban J connectivity index is 2.55. The van der Waals surface area contributed by atoms with Gasteiger partial charge in [-0.25, -0.2) is 4.21 Å². The number of hydrogen-bond donors (Lipinski definition) is 0. The van der Waals surface area contributed by atoms with E-state index in [1.165, 1.54) is 19.3 Å². The van der Waals surface area contributed by atoms with Crippen molar-refractivity contribution in [2.45, 2.75) is 64.9 Å². The molecule has 0 aromatic carbocycles. The standard InChI is InChI=1S/C12H21ClO2S/c1-3-11(13)12(4-2)16(14)15-10-8-6-5-7-9-10/h10H,3-9H2,1-2H3/b12-11+. The van der Waals surface area contributed by atoms with Crippen LogP contribution in [0.25, 0.3) is 0 Å². The average molecular weight is 265 g/mol. The third-order valence-corrected chi connectivity index (χ3v) is 4.90. The predicted octanol–water partition coefficient (Wildman–Crippen LogP) is 4.27. The van der Waals surface area contributed by atoms with Crippen LogP contribution < -0.4 is 0 Å². The molecule has 1 atom stereocenters. The highest BCUT2D eigenvalue weighted by Gasteiger charge is 2.19. The Morgan fingerprint density at radius 2 is 1.88 bits per heavy atom. The summed E-state index contributed by atoms with van der Waals surface area (Å²) >= 11 is 4.71. The van der Waals surface area contributed by atoms with Crippen LogP contribution in [0.15, 0.2) is 9.94 Å². The summed E-state index contributed by atoms with van der Waals surface area (Å²) in [4.78, 5) is 0.759. The van der Waals surface area contributed by atoms with E-state index in [1.54, 1.807) is 0 Å². The topological polar surface area (TPSA) is 26.3 Å². The summed E-state index contributed by atoms with van der Waals surface area (Å²) in [6, 6.07) is 0. The molecule has 4 heteroatoms. The van der Waals surface area contributed by atoms with E-state index in [0.29, 0.717) is 11.5 Å². The lowest BCUT2D eigenvalue weighted by molar-refractivity contribution is 0.175. The SMILES string of the molecule is CC/C(Cl)=C(/CC)S(=O)OC1CCCCC1. The van der Waals surface area contributed by atoms with Crippen LogP contribution in [0.3, 0.4) is 0 Å². The molecule has 0 bridgehead atoms. The van der Waals surface area contributed by atoms with Crippen molar-refractivity contribution in [1.82, 2.24) is 0 Å². The second-order valence-electron chi connectivity index (χ2n) is 4.13. The second kappa shape index (κ2) is 7.46. The van der Waals surface area contributed by atoms with Crippen LogP contribution in [-0.4, -0.2) is 10.3 Å². The molecule has 94 valence electrons. The van der Waals surface area contributed by atoms with Gasteiger partial charge in [-0.3, -0.25) is 4.18 Å². The van der Waals surface area contributed by atoms with Crippen LogP contribution in [0, 0.1) is 0 Å². The van der Waals surface area contributed by atoms with Gasteiger partial charge < -0.3 is 0 Å². The normalized spacial score (nSPS) is 21.7. The molecule has 0 radical (unpaired) electrons. The van der Waals surface area contributed by atoms with Crippen LogP contribution >= 0.6 is 11.6 Å². The molecule has 1 rings (SSSR count). The van der Waals surface area contributed by atoms with Crippen LogP contribution in [0.5, 0.6) is 0 Å². The molecule has 0 amide bonds. The molecule has 1 fully saturated rings. The summed E-state index contributed by atoms with van der Waals surface area (Å²) < 4.78 is 17.6. The number of halogens is 1. The molecular weight excluding hydrogens is 244 g/mol. The van der Waals surface area contributed by atoms with Gasteiger partial charge in [0, 0.05) is 5.03 Å². The van der Waals surface area contributed by atoms with E-state index in [-0.39, 0.29) is 6.10 Å². The fraction of sp³-hybridized carbons (Fsp3) is 0.833. The minimum absolute atomic E-state index is 0.164. The molecule has 2 nitrogen and oxygen atoms in total. The van der Waals surface area contributed by atoms with E-state index in [9.17, 15) is 4.21 Å². The molecule has 0 heterocycles. The molecule has 1 unspecified atom stereocenters. The Kier molecular flexibility index (Phi) is 6.62. The molecule has 0 N–H and O–H groups in total. The maximum atomic E-state index is 12.0. The van der Waals surface area contributed by atoms with Crippen LogP contribution in [0.2, 0.25) is 0 Å². The summed E-state index contributed by atoms with van der Waals surface area (Å²) in [5, 5.41) is 0.691. The minimum atomic E-state index is -1.34. The smallest absolute Gasteiger partial charge is 0.186 e. The summed E-state index contributed by atoms with van der Waals surface area (Å²) in [7, 11) is 0. The molecule has 16 heavy (non-hydrogen) atoms. The van der Waals surface area contributed by atoms with Gasteiger partial charge in [0.1, 0.15) is 0 Å². The Bertz CT molecular complexity index is 270. The molecule has 1 aliphatic rings. The molecule has 1 saturated carbocycles. The van der Waals surface area contributed by atoms with Gasteiger partial charge in [-0.1, -0.05) is 44.7 Å². The van der Waals surface area contributed by atoms with E-state index in [2.05, 4.69) is 0 Å². The van der Waals surface area contributed by atoms with Crippen molar-refractivity contribution >= 4 is 22.7 Å². The third-order valence-electron chi connectivity index (χ3n) is 2.91. The van der Waals surface area contributed by atoms with Crippen molar-refractivity contribution in [3.8, 4) is 0 Å². The fourth-order valence-corrected chi connectivity index (χ4v) is 3.38. The van der Waals surface area contributed by atoms with Crippen molar-refractivity contribution < 1.29 is 8.39 Å². The highest BCUT2D eigenvalue weighted by Crippen LogP contribution is 2.26. The van der Waals surface area contributed by atoms with E-state index >= 15 is 0 Å². The van der Waals surface area contributed by atoms with Gasteiger partial charge >= 0.3 is 0 Å². The molecule has 0 saturated heterocycles. The van der Waals surface area contributed by atoms with E-state index in [1.807, 2.05) is 13.8 Å². The van der Waals surface area contributed by atoms with Crippen LogP contribution in [-0.2, 0) is 15.3 Å². The lowest BCUT2D eigenvalue weighted by Gasteiger charge is -2.21. The largest absolute Gasteiger partial charge is 0.284 e. The maximum Gasteiger partial charge on any atom is 0.186 e. The average Bonchev–Trinajstić information content (AvgIpc) is 2.31. The molecular formula is C12H21ClO2S. The quantitative estimate of drug-likeness (QED) is 0.741. The van der Waals surface area contributed by atoms with Crippen LogP contribution in [0.4, 0.5) is 0 Å². The van der Waals surface area contributed by atoms with Crippen molar-refractivity contribution in [3.63, 3.8) is 0 Å². The lowest BCUT2D eigenvalue weighted by atomic mass is 9.98. The summed E-state index contributed by atoms with van der Waals surface area (Å²) in [5.74, 6) is 0. The molecule has 0 aliphatic heterocycles. The highest BCUT2D eigenvalue weighted by atomic mass is 35.5. The Labute approximate surface area is 106 Å². The van der Waals surface area contributed by atoms with Gasteiger partial charge in [-0.2, -0.15) is 0 Å². The highest BCUT2D eigenvalue weighted by molar-refractivity contribution is 7.84. The van der Waals surface area contributed by atoms with Gasteiger partial charge in [0.15, 0.2) is 11.1 Å². The minimum Gasteiger partial charge on any atom is -0.284 e. The first-order valence-corrected chi connectivity index (χ1v) is 7.60. The van der Waals surface area contributed by atoms with Crippen molar-refractivity contribution in [2.75, 3.05) is 0 Å². The van der Waals surface area contributed by atoms with Gasteiger partial charge in [0.25, 0.3) is 0 Å². The van der Waals surface area contributed by atoms with E-state index in [0.717, 1.165) is 24.2 Å². The zero-order chi connectivity index (χ0) is 12.0. The monoisotopic (exact) mass is 264 g/mol. The first-order chi connectivity index (χ1) is 7.69. The molecule has 0 aromatic rings. The second-order valence-corrected chi connectivity index (χ2v) is 5.74. The fourth-order valence-electron chi connectivity index (χ4n) is 1.94. The number of hydrogen-bond acceptors (Lipinski definition) is 2. The molecule has 0 aromatic heterocycles. The zero-order valence-corrected chi connectivity index (χ0v) is 11.7. The van der Waals surface area contributed by atoms with Gasteiger partial charge in [0.05, 0.1) is 11.0 Å². The van der Waals surface area contributed by atoms with E-state index in [4.69, 9.17) is 15.8 Å². The predicted molar refractivity (Wildman–Crippen MR) is 69.6 cm³/mol.